The van der Waals surface area contributed by atoms with E-state index in [-0.39, 0.29) is 0 Å². The van der Waals surface area contributed by atoms with Crippen LogP contribution in [0.2, 0.25) is 0 Å². The Labute approximate surface area is 357 Å². The van der Waals surface area contributed by atoms with Crippen molar-refractivity contribution in [3.8, 4) is 68.1 Å². The van der Waals surface area contributed by atoms with Crippen molar-refractivity contribution in [1.82, 2.24) is 29.1 Å². The largest absolute Gasteiger partial charge is 0.309 e. The predicted octanol–water partition coefficient (Wildman–Crippen LogP) is 13.8. The van der Waals surface area contributed by atoms with Gasteiger partial charge >= 0.3 is 0 Å². The summed E-state index contributed by atoms with van der Waals surface area (Å²) in [5, 5.41) is 4.50. The zero-order valence-electron chi connectivity index (χ0n) is 33.5. The summed E-state index contributed by atoms with van der Waals surface area (Å²) in [5.74, 6) is 1.78. The lowest BCUT2D eigenvalue weighted by Gasteiger charge is -2.14. The molecule has 6 nitrogen and oxygen atoms in total. The molecule has 0 saturated heterocycles. The Morgan fingerprint density at radius 3 is 1.40 bits per heavy atom. The van der Waals surface area contributed by atoms with Gasteiger partial charge in [-0.25, -0.2) is 9.97 Å². The summed E-state index contributed by atoms with van der Waals surface area (Å²) in [5.41, 5.74) is 13.5. The van der Waals surface area contributed by atoms with Gasteiger partial charge in [-0.15, -0.1) is 0 Å². The molecule has 0 radical (unpaired) electrons. The van der Waals surface area contributed by atoms with E-state index in [1.807, 2.05) is 30.3 Å². The molecule has 0 fully saturated rings. The van der Waals surface area contributed by atoms with Gasteiger partial charge in [0.05, 0.1) is 39.1 Å². The molecule has 62 heavy (non-hydrogen) atoms. The molecule has 4 heterocycles. The fourth-order valence-corrected chi connectivity index (χ4v) is 8.90. The van der Waals surface area contributed by atoms with E-state index in [4.69, 9.17) is 19.9 Å². The van der Waals surface area contributed by atoms with Crippen molar-refractivity contribution < 1.29 is 0 Å². The van der Waals surface area contributed by atoms with E-state index in [0.717, 1.165) is 94.1 Å². The molecule has 0 atom stereocenters. The number of aromatic nitrogens is 6. The summed E-state index contributed by atoms with van der Waals surface area (Å²) in [4.78, 5) is 20.8. The molecule has 12 rings (SSSR count). The minimum atomic E-state index is 0.560. The van der Waals surface area contributed by atoms with Crippen molar-refractivity contribution in [2.24, 2.45) is 0 Å². The standard InChI is InChI=1S/C56H36N6/c1-4-17-37(18-5-1)38-31-33-41(34-32-38)55-58-54(40-21-8-3-9-22-40)59-56(60-55)62-50-29-14-11-24-43(50)46-35-52-45(36-53(46)62)42-23-10-13-28-49(42)61(52)51-30-15-12-25-44(51)48-27-16-26-47(57-48)39-19-6-2-7-20-39/h1-36H. The van der Waals surface area contributed by atoms with Crippen LogP contribution in [0.15, 0.2) is 218 Å². The van der Waals surface area contributed by atoms with Gasteiger partial charge in [0.1, 0.15) is 0 Å². The zero-order chi connectivity index (χ0) is 41.0. The zero-order valence-corrected chi connectivity index (χ0v) is 33.5. The van der Waals surface area contributed by atoms with E-state index in [9.17, 15) is 0 Å². The van der Waals surface area contributed by atoms with Crippen LogP contribution in [-0.2, 0) is 0 Å². The average molecular weight is 793 g/mol. The lowest BCUT2D eigenvalue weighted by Crippen LogP contribution is -2.06. The lowest BCUT2D eigenvalue weighted by molar-refractivity contribution is 0.954. The van der Waals surface area contributed by atoms with Gasteiger partial charge in [-0.2, -0.15) is 9.97 Å². The van der Waals surface area contributed by atoms with Crippen LogP contribution in [0.25, 0.3) is 112 Å². The molecule has 6 heteroatoms. The highest BCUT2D eigenvalue weighted by Crippen LogP contribution is 2.41. The van der Waals surface area contributed by atoms with Crippen LogP contribution in [0.1, 0.15) is 0 Å². The first-order valence-electron chi connectivity index (χ1n) is 20.8. The third-order valence-electron chi connectivity index (χ3n) is 11.8. The quantitative estimate of drug-likeness (QED) is 0.161. The van der Waals surface area contributed by atoms with E-state index >= 15 is 0 Å². The third kappa shape index (κ3) is 5.96. The fourth-order valence-electron chi connectivity index (χ4n) is 8.90. The van der Waals surface area contributed by atoms with E-state index in [0.29, 0.717) is 17.6 Å². The minimum Gasteiger partial charge on any atom is -0.309 e. The molecule has 0 aliphatic rings. The maximum Gasteiger partial charge on any atom is 0.238 e. The molecule has 0 aliphatic carbocycles. The Morgan fingerprint density at radius 1 is 0.274 bits per heavy atom. The van der Waals surface area contributed by atoms with Crippen LogP contribution < -0.4 is 0 Å². The van der Waals surface area contributed by atoms with Gasteiger partial charge in [-0.3, -0.25) is 4.57 Å². The molecule has 0 unspecified atom stereocenters. The van der Waals surface area contributed by atoms with Crippen LogP contribution in [0.3, 0.4) is 0 Å². The maximum atomic E-state index is 5.27. The number of benzene rings is 8. The first-order chi connectivity index (χ1) is 30.7. The molecule has 0 bridgehead atoms. The second-order valence-electron chi connectivity index (χ2n) is 15.5. The second kappa shape index (κ2) is 14.7. The number of hydrogen-bond acceptors (Lipinski definition) is 4. The summed E-state index contributed by atoms with van der Waals surface area (Å²) in [7, 11) is 0. The van der Waals surface area contributed by atoms with Crippen molar-refractivity contribution in [1.29, 1.82) is 0 Å². The number of hydrogen-bond donors (Lipinski definition) is 0. The van der Waals surface area contributed by atoms with Gasteiger partial charge in [0.25, 0.3) is 0 Å². The van der Waals surface area contributed by atoms with Gasteiger partial charge < -0.3 is 4.57 Å². The molecular formula is C56H36N6. The Hall–Kier alpha value is -8.48. The normalized spacial score (nSPS) is 11.5. The SMILES string of the molecule is c1ccc(-c2ccc(-c3nc(-c4ccccc4)nc(-n4c5ccccc5c5cc6c(cc54)c4ccccc4n6-c4ccccc4-c4cccc(-c5ccccc5)n4)n3)cc2)cc1. The Kier molecular flexibility index (Phi) is 8.38. The highest BCUT2D eigenvalue weighted by atomic mass is 15.2. The lowest BCUT2D eigenvalue weighted by atomic mass is 10.0. The average Bonchev–Trinajstić information content (AvgIpc) is 3.86. The highest BCUT2D eigenvalue weighted by molar-refractivity contribution is 6.19. The van der Waals surface area contributed by atoms with Crippen LogP contribution in [0.5, 0.6) is 0 Å². The smallest absolute Gasteiger partial charge is 0.238 e. The Bertz CT molecular complexity index is 3610. The van der Waals surface area contributed by atoms with Crippen LogP contribution in [-0.4, -0.2) is 29.1 Å². The number of para-hydroxylation sites is 3. The molecule has 290 valence electrons. The first kappa shape index (κ1) is 35.5. The summed E-state index contributed by atoms with van der Waals surface area (Å²) in [6.45, 7) is 0. The monoisotopic (exact) mass is 792 g/mol. The number of pyridine rings is 1. The summed E-state index contributed by atoms with van der Waals surface area (Å²) in [6.07, 6.45) is 0. The maximum absolute atomic E-state index is 5.27. The molecule has 12 aromatic rings. The van der Waals surface area contributed by atoms with E-state index < -0.39 is 0 Å². The van der Waals surface area contributed by atoms with Crippen LogP contribution in [0, 0.1) is 0 Å². The number of nitrogens with zero attached hydrogens (tertiary/aromatic N) is 6. The Morgan fingerprint density at radius 2 is 0.742 bits per heavy atom. The molecule has 0 spiro atoms. The molecule has 4 aromatic heterocycles. The third-order valence-corrected chi connectivity index (χ3v) is 11.8. The molecular weight excluding hydrogens is 757 g/mol. The van der Waals surface area contributed by atoms with Gasteiger partial charge in [0.2, 0.25) is 5.95 Å². The van der Waals surface area contributed by atoms with Crippen molar-refractivity contribution in [2.45, 2.75) is 0 Å². The molecule has 0 amide bonds. The number of fused-ring (bicyclic) bond motifs is 6. The van der Waals surface area contributed by atoms with Gasteiger partial charge in [0, 0.05) is 43.8 Å². The predicted molar refractivity (Wildman–Crippen MR) is 253 cm³/mol. The van der Waals surface area contributed by atoms with Crippen LogP contribution in [0.4, 0.5) is 0 Å². The van der Waals surface area contributed by atoms with E-state index in [1.165, 1.54) is 0 Å². The van der Waals surface area contributed by atoms with Crippen molar-refractivity contribution in [3.63, 3.8) is 0 Å². The fraction of sp³-hybridized carbons (Fsp3) is 0. The van der Waals surface area contributed by atoms with E-state index in [1.54, 1.807) is 0 Å². The summed E-state index contributed by atoms with van der Waals surface area (Å²) in [6, 6.07) is 76.2. The van der Waals surface area contributed by atoms with Crippen molar-refractivity contribution in [2.75, 3.05) is 0 Å². The molecule has 0 aliphatic heterocycles. The molecule has 8 aromatic carbocycles. The highest BCUT2D eigenvalue weighted by Gasteiger charge is 2.22. The van der Waals surface area contributed by atoms with Gasteiger partial charge in [0.15, 0.2) is 11.6 Å². The van der Waals surface area contributed by atoms with Gasteiger partial charge in [-0.05, 0) is 53.6 Å². The summed E-state index contributed by atoms with van der Waals surface area (Å²) >= 11 is 0. The van der Waals surface area contributed by atoms with E-state index in [2.05, 4.69) is 197 Å². The topological polar surface area (TPSA) is 61.4 Å². The molecule has 0 saturated carbocycles. The number of rotatable bonds is 7. The molecule has 0 N–H and O–H groups in total. The van der Waals surface area contributed by atoms with Crippen LogP contribution >= 0.6 is 0 Å². The van der Waals surface area contributed by atoms with Crippen molar-refractivity contribution in [3.05, 3.63) is 218 Å². The second-order valence-corrected chi connectivity index (χ2v) is 15.5. The first-order valence-corrected chi connectivity index (χ1v) is 20.8. The Balaban J connectivity index is 1.08. The van der Waals surface area contributed by atoms with Crippen molar-refractivity contribution >= 4 is 43.6 Å². The van der Waals surface area contributed by atoms with Gasteiger partial charge in [-0.1, -0.05) is 176 Å². The summed E-state index contributed by atoms with van der Waals surface area (Å²) < 4.78 is 4.61. The minimum absolute atomic E-state index is 0.560.